The van der Waals surface area contributed by atoms with Gasteiger partial charge in [0.1, 0.15) is 0 Å². The minimum Gasteiger partial charge on any atom is -0.512 e. The average Bonchev–Trinajstić information content (AvgIpc) is 3.62. The number of hydrogen-bond acceptors (Lipinski definition) is 4. The van der Waals surface area contributed by atoms with Crippen molar-refractivity contribution in [3.63, 3.8) is 0 Å². The molecule has 4 heterocycles. The van der Waals surface area contributed by atoms with Gasteiger partial charge in [0.05, 0.1) is 11.3 Å². The van der Waals surface area contributed by atoms with Gasteiger partial charge in [0, 0.05) is 68.8 Å². The molecular weight excluding hydrogens is 741 g/mol. The normalized spacial score (nSPS) is 12.3. The molecule has 4 aromatic heterocycles. The van der Waals surface area contributed by atoms with Crippen molar-refractivity contribution < 1.29 is 30.0 Å². The average molecular weight is 772 g/mol. The van der Waals surface area contributed by atoms with Crippen molar-refractivity contribution in [3.05, 3.63) is 109 Å². The van der Waals surface area contributed by atoms with Crippen LogP contribution in [0.25, 0.3) is 69.5 Å². The molecule has 8 aromatic rings. The first-order valence-corrected chi connectivity index (χ1v) is 15.2. The molecular formula is C38H31IrN2O2S-. The summed E-state index contributed by atoms with van der Waals surface area (Å²) in [5.41, 5.74) is 7.18. The summed E-state index contributed by atoms with van der Waals surface area (Å²) in [5, 5.41) is 16.3. The van der Waals surface area contributed by atoms with Crippen LogP contribution in [0.2, 0.25) is 0 Å². The molecule has 0 spiro atoms. The second-order valence-corrected chi connectivity index (χ2v) is 13.2. The summed E-state index contributed by atoms with van der Waals surface area (Å²) in [4.78, 5) is 14.6. The molecule has 6 heteroatoms. The molecule has 1 N–H and O–H groups in total. The van der Waals surface area contributed by atoms with Crippen LogP contribution in [0.4, 0.5) is 0 Å². The molecule has 0 saturated heterocycles. The van der Waals surface area contributed by atoms with E-state index < -0.39 is 0 Å². The van der Waals surface area contributed by atoms with Crippen LogP contribution in [-0.2, 0) is 30.3 Å². The van der Waals surface area contributed by atoms with Gasteiger partial charge < -0.3 is 14.5 Å². The van der Waals surface area contributed by atoms with Gasteiger partial charge in [-0.1, -0.05) is 68.6 Å². The molecule has 0 fully saturated rings. The maximum absolute atomic E-state index is 10.0. The third-order valence-corrected chi connectivity index (χ3v) is 9.25. The van der Waals surface area contributed by atoms with E-state index in [4.69, 9.17) is 5.11 Å². The molecule has 0 atom stereocenters. The van der Waals surface area contributed by atoms with Crippen LogP contribution in [0.15, 0.2) is 96.9 Å². The van der Waals surface area contributed by atoms with Crippen LogP contribution < -0.4 is 0 Å². The van der Waals surface area contributed by atoms with Gasteiger partial charge in [-0.25, -0.2) is 0 Å². The van der Waals surface area contributed by atoms with Crippen LogP contribution in [0.3, 0.4) is 0 Å². The molecule has 221 valence electrons. The number of hydrogen-bond donors (Lipinski definition) is 1. The van der Waals surface area contributed by atoms with Crippen molar-refractivity contribution in [3.8, 4) is 11.3 Å². The summed E-state index contributed by atoms with van der Waals surface area (Å²) in [6.45, 7) is 9.77. The molecule has 4 aromatic carbocycles. The molecule has 4 nitrogen and oxygen atoms in total. The number of aromatic nitrogens is 2. The number of carbonyl (C=O) groups excluding carboxylic acids is 1. The van der Waals surface area contributed by atoms with Crippen LogP contribution >= 0.6 is 11.3 Å². The fraction of sp³-hybridized carbons (Fsp3) is 0.158. The van der Waals surface area contributed by atoms with E-state index in [1.165, 1.54) is 83.8 Å². The number of rotatable bonds is 2. The van der Waals surface area contributed by atoms with Crippen molar-refractivity contribution in [2.45, 2.75) is 40.0 Å². The van der Waals surface area contributed by atoms with Gasteiger partial charge in [-0.15, -0.1) is 35.1 Å². The number of benzene rings is 4. The fourth-order valence-electron chi connectivity index (χ4n) is 6.15. The summed E-state index contributed by atoms with van der Waals surface area (Å²) in [6, 6.07) is 32.3. The first kappa shape index (κ1) is 30.0. The minimum absolute atomic E-state index is 0. The van der Waals surface area contributed by atoms with Crippen LogP contribution in [0.5, 0.6) is 0 Å². The Hall–Kier alpha value is -4.09. The first-order valence-electron chi connectivity index (χ1n) is 14.4. The van der Waals surface area contributed by atoms with E-state index in [2.05, 4.69) is 103 Å². The zero-order valence-corrected chi connectivity index (χ0v) is 28.4. The number of aliphatic hydroxyl groups is 1. The fourth-order valence-corrected chi connectivity index (χ4v) is 7.41. The maximum Gasteiger partial charge on any atom is 0.155 e. The largest absolute Gasteiger partial charge is 0.512 e. The van der Waals surface area contributed by atoms with Crippen LogP contribution in [-0.4, -0.2) is 20.3 Å². The van der Waals surface area contributed by atoms with E-state index in [1.807, 2.05) is 29.7 Å². The number of ketones is 1. The number of fused-ring (bicyclic) bond motifs is 10. The molecule has 0 amide bonds. The zero-order chi connectivity index (χ0) is 30.0. The van der Waals surface area contributed by atoms with Gasteiger partial charge in [-0.2, -0.15) is 0 Å². The number of pyridine rings is 1. The van der Waals surface area contributed by atoms with E-state index in [0.717, 1.165) is 11.3 Å². The zero-order valence-electron chi connectivity index (χ0n) is 25.2. The molecule has 0 aliphatic rings. The smallest absolute Gasteiger partial charge is 0.155 e. The Bertz CT molecular complexity index is 2370. The number of carbonyl (C=O) groups is 1. The number of thiophene rings is 1. The Morgan fingerprint density at radius 2 is 1.64 bits per heavy atom. The Morgan fingerprint density at radius 1 is 0.886 bits per heavy atom. The van der Waals surface area contributed by atoms with E-state index in [9.17, 15) is 4.79 Å². The summed E-state index contributed by atoms with van der Waals surface area (Å²) < 4.78 is 5.19. The molecule has 44 heavy (non-hydrogen) atoms. The van der Waals surface area contributed by atoms with Gasteiger partial charge in [-0.3, -0.25) is 4.79 Å². The summed E-state index contributed by atoms with van der Waals surface area (Å²) in [7, 11) is 0. The van der Waals surface area contributed by atoms with Crippen molar-refractivity contribution in [1.29, 1.82) is 0 Å². The van der Waals surface area contributed by atoms with Crippen molar-refractivity contribution in [2.24, 2.45) is 0 Å². The molecule has 0 unspecified atom stereocenters. The summed E-state index contributed by atoms with van der Waals surface area (Å²) >= 11 is 1.91. The molecule has 0 aliphatic heterocycles. The van der Waals surface area contributed by atoms with Crippen LogP contribution in [0, 0.1) is 6.07 Å². The second-order valence-electron chi connectivity index (χ2n) is 12.2. The molecule has 0 aliphatic carbocycles. The third-order valence-electron chi connectivity index (χ3n) is 8.05. The van der Waals surface area contributed by atoms with E-state index in [1.54, 1.807) is 0 Å². The maximum atomic E-state index is 10.0. The second kappa shape index (κ2) is 11.1. The Labute approximate surface area is 273 Å². The predicted molar refractivity (Wildman–Crippen MR) is 182 cm³/mol. The minimum atomic E-state index is -0.125. The molecule has 1 radical (unpaired) electrons. The molecule has 8 rings (SSSR count). The summed E-state index contributed by atoms with van der Waals surface area (Å²) in [6.07, 6.45) is 3.02. The quantitative estimate of drug-likeness (QED) is 0.108. The van der Waals surface area contributed by atoms with Crippen molar-refractivity contribution >= 4 is 75.4 Å². The standard InChI is InChI=1S/C33H23N2S.C5H8O2.Ir/c1-33(2,3)20-17-24-23-16-19(26-9-6-7-15-34-26)11-13-27(23)35-28-14-12-22-21-8-4-5-10-29(21)36-32(22)30(28)25(18-20)31(24)35;1-4(6)3-5(2)7;/h4-10,12-18H,1-3H3;3,6H,1-2H3;/q-1;;/b;4-3-;. The van der Waals surface area contributed by atoms with Gasteiger partial charge >= 0.3 is 0 Å². The SMILES string of the molecule is CC(=O)/C=C(/C)O.CC(C)(C)c1cc2c3cc(-c4ccccn4)[c-]cc3n3c4ccc5c6ccccc6sc5c4c(c1)c23.[Ir]. The number of aliphatic hydroxyl groups excluding tert-OH is 1. The van der Waals surface area contributed by atoms with E-state index in [-0.39, 0.29) is 37.1 Å². The number of allylic oxidation sites excluding steroid dienone is 2. The van der Waals surface area contributed by atoms with Gasteiger partial charge in [0.2, 0.25) is 0 Å². The van der Waals surface area contributed by atoms with E-state index in [0.29, 0.717) is 0 Å². The number of nitrogens with zero attached hydrogens (tertiary/aromatic N) is 2. The van der Waals surface area contributed by atoms with Gasteiger partial charge in [-0.05, 0) is 65.7 Å². The monoisotopic (exact) mass is 772 g/mol. The molecule has 0 saturated carbocycles. The topological polar surface area (TPSA) is 54.6 Å². The van der Waals surface area contributed by atoms with Crippen molar-refractivity contribution in [1.82, 2.24) is 9.38 Å². The summed E-state index contributed by atoms with van der Waals surface area (Å²) in [5.74, 6) is -0.0625. The predicted octanol–water partition coefficient (Wildman–Crippen LogP) is 10.4. The van der Waals surface area contributed by atoms with E-state index >= 15 is 0 Å². The molecule has 0 bridgehead atoms. The Morgan fingerprint density at radius 3 is 2.32 bits per heavy atom. The third kappa shape index (κ3) is 4.88. The van der Waals surface area contributed by atoms with Gasteiger partial charge in [0.15, 0.2) is 5.78 Å². The van der Waals surface area contributed by atoms with Crippen molar-refractivity contribution in [2.75, 3.05) is 0 Å². The van der Waals surface area contributed by atoms with Crippen LogP contribution in [0.1, 0.15) is 40.2 Å². The first-order chi connectivity index (χ1) is 20.6. The van der Waals surface area contributed by atoms with Gasteiger partial charge in [0.25, 0.3) is 0 Å². The Kier molecular flexibility index (Phi) is 7.57. The Balaban J connectivity index is 0.000000388.